The third-order valence-corrected chi connectivity index (χ3v) is 3.52. The fourth-order valence-electron chi connectivity index (χ4n) is 2.81. The Morgan fingerprint density at radius 1 is 1.41 bits per heavy atom. The number of carbonyl (C=O) groups excluding carboxylic acids is 1. The van der Waals surface area contributed by atoms with E-state index in [0.29, 0.717) is 5.92 Å². The molecule has 1 amide bonds. The standard InChI is InChI=1S/C14H14N2O/c17-9-16-14-12-4-2-1-3-10(12)11-5-7-15-8-6-13(11)14/h1-2,4-5,8-10H,3,6-7H2,(H,16,17). The van der Waals surface area contributed by atoms with Gasteiger partial charge in [-0.15, -0.1) is 0 Å². The summed E-state index contributed by atoms with van der Waals surface area (Å²) in [5.41, 5.74) is 4.82. The maximum Gasteiger partial charge on any atom is 0.211 e. The number of amides is 1. The van der Waals surface area contributed by atoms with Crippen LogP contribution in [0, 0.1) is 5.92 Å². The summed E-state index contributed by atoms with van der Waals surface area (Å²) < 4.78 is 0. The van der Waals surface area contributed by atoms with Crippen LogP contribution in [-0.2, 0) is 4.79 Å². The summed E-state index contributed by atoms with van der Waals surface area (Å²) in [6.07, 6.45) is 13.1. The normalized spacial score (nSPS) is 25.8. The van der Waals surface area contributed by atoms with E-state index in [-0.39, 0.29) is 0 Å². The summed E-state index contributed by atoms with van der Waals surface area (Å²) in [5, 5.41) is 2.87. The number of fused-ring (bicyclic) bond motifs is 3. The Balaban J connectivity index is 2.12. The third-order valence-electron chi connectivity index (χ3n) is 3.52. The highest BCUT2D eigenvalue weighted by Gasteiger charge is 2.33. The molecule has 3 heteroatoms. The molecule has 0 aromatic carbocycles. The number of hydrogen-bond donors (Lipinski definition) is 1. The van der Waals surface area contributed by atoms with Gasteiger partial charge in [0, 0.05) is 24.3 Å². The minimum atomic E-state index is 0.416. The second kappa shape index (κ2) is 4.17. The molecule has 1 heterocycles. The van der Waals surface area contributed by atoms with Gasteiger partial charge in [0.05, 0.1) is 6.54 Å². The van der Waals surface area contributed by atoms with Crippen LogP contribution in [0.4, 0.5) is 0 Å². The van der Waals surface area contributed by atoms with Crippen LogP contribution >= 0.6 is 0 Å². The second-order valence-corrected chi connectivity index (χ2v) is 4.37. The maximum atomic E-state index is 10.8. The highest BCUT2D eigenvalue weighted by atomic mass is 16.1. The zero-order valence-corrected chi connectivity index (χ0v) is 9.52. The van der Waals surface area contributed by atoms with Gasteiger partial charge in [0.1, 0.15) is 0 Å². The van der Waals surface area contributed by atoms with E-state index in [2.05, 4.69) is 34.6 Å². The zero-order valence-electron chi connectivity index (χ0n) is 9.52. The first-order valence-corrected chi connectivity index (χ1v) is 5.91. The molecule has 86 valence electrons. The molecule has 0 aromatic heterocycles. The quantitative estimate of drug-likeness (QED) is 0.718. The van der Waals surface area contributed by atoms with Crippen molar-refractivity contribution in [3.8, 4) is 0 Å². The highest BCUT2D eigenvalue weighted by molar-refractivity contribution is 5.73. The molecule has 0 saturated carbocycles. The van der Waals surface area contributed by atoms with E-state index >= 15 is 0 Å². The van der Waals surface area contributed by atoms with Crippen molar-refractivity contribution in [3.05, 3.63) is 46.7 Å². The first-order valence-electron chi connectivity index (χ1n) is 5.91. The average molecular weight is 226 g/mol. The van der Waals surface area contributed by atoms with Crippen LogP contribution in [0.3, 0.4) is 0 Å². The minimum absolute atomic E-state index is 0.416. The lowest BCUT2D eigenvalue weighted by Crippen LogP contribution is -2.14. The Kier molecular flexibility index (Phi) is 2.52. The Bertz CT molecular complexity index is 506. The average Bonchev–Trinajstić information content (AvgIpc) is 2.55. The number of allylic oxidation sites excluding steroid dienone is 6. The molecule has 1 atom stereocenters. The van der Waals surface area contributed by atoms with Gasteiger partial charge < -0.3 is 5.32 Å². The lowest BCUT2D eigenvalue weighted by Gasteiger charge is -2.16. The van der Waals surface area contributed by atoms with E-state index in [4.69, 9.17) is 0 Å². The highest BCUT2D eigenvalue weighted by Crippen LogP contribution is 2.44. The maximum absolute atomic E-state index is 10.8. The smallest absolute Gasteiger partial charge is 0.211 e. The Labute approximate surface area is 100 Å². The molecular weight excluding hydrogens is 212 g/mol. The van der Waals surface area contributed by atoms with Crippen molar-refractivity contribution in [2.24, 2.45) is 10.9 Å². The first kappa shape index (κ1) is 10.3. The van der Waals surface area contributed by atoms with E-state index in [9.17, 15) is 4.79 Å². The van der Waals surface area contributed by atoms with Crippen molar-refractivity contribution in [1.29, 1.82) is 0 Å². The molecule has 2 aliphatic carbocycles. The van der Waals surface area contributed by atoms with Crippen molar-refractivity contribution >= 4 is 12.6 Å². The molecule has 0 aromatic rings. The van der Waals surface area contributed by atoms with Crippen molar-refractivity contribution in [1.82, 2.24) is 5.32 Å². The fourth-order valence-corrected chi connectivity index (χ4v) is 2.81. The molecule has 3 aliphatic rings. The molecule has 1 unspecified atom stereocenters. The van der Waals surface area contributed by atoms with Crippen molar-refractivity contribution in [3.63, 3.8) is 0 Å². The summed E-state index contributed by atoms with van der Waals surface area (Å²) in [6.45, 7) is 0.751. The minimum Gasteiger partial charge on any atom is -0.328 e. The van der Waals surface area contributed by atoms with E-state index < -0.39 is 0 Å². The van der Waals surface area contributed by atoms with E-state index in [1.807, 2.05) is 6.21 Å². The van der Waals surface area contributed by atoms with Crippen LogP contribution in [-0.4, -0.2) is 19.2 Å². The van der Waals surface area contributed by atoms with Crippen molar-refractivity contribution in [2.75, 3.05) is 6.54 Å². The van der Waals surface area contributed by atoms with Gasteiger partial charge in [-0.2, -0.15) is 0 Å². The molecule has 0 saturated heterocycles. The molecule has 1 N–H and O–H groups in total. The topological polar surface area (TPSA) is 41.5 Å². The van der Waals surface area contributed by atoms with Gasteiger partial charge in [0.15, 0.2) is 0 Å². The zero-order chi connectivity index (χ0) is 11.7. The summed E-state index contributed by atoms with van der Waals surface area (Å²) in [6, 6.07) is 0. The van der Waals surface area contributed by atoms with Gasteiger partial charge in [0.2, 0.25) is 6.41 Å². The largest absolute Gasteiger partial charge is 0.328 e. The molecule has 0 spiro atoms. The molecule has 0 fully saturated rings. The molecular formula is C14H14N2O. The summed E-state index contributed by atoms with van der Waals surface area (Å²) in [7, 11) is 0. The summed E-state index contributed by atoms with van der Waals surface area (Å²) in [5.74, 6) is 0.416. The summed E-state index contributed by atoms with van der Waals surface area (Å²) in [4.78, 5) is 15.0. The first-order chi connectivity index (χ1) is 8.42. The molecule has 3 nitrogen and oxygen atoms in total. The molecule has 0 radical (unpaired) electrons. The van der Waals surface area contributed by atoms with Crippen LogP contribution < -0.4 is 5.32 Å². The van der Waals surface area contributed by atoms with Crippen molar-refractivity contribution in [2.45, 2.75) is 12.8 Å². The van der Waals surface area contributed by atoms with Crippen LogP contribution in [0.5, 0.6) is 0 Å². The van der Waals surface area contributed by atoms with Crippen molar-refractivity contribution < 1.29 is 4.79 Å². The Hall–Kier alpha value is -1.90. The number of carbonyl (C=O) groups is 1. The number of nitrogens with one attached hydrogen (secondary N) is 1. The van der Waals surface area contributed by atoms with Crippen LogP contribution in [0.25, 0.3) is 0 Å². The third kappa shape index (κ3) is 1.58. The SMILES string of the molecule is O=CNC1=C2CC=NCC=C2C2CC=CC=C12. The van der Waals surface area contributed by atoms with E-state index in [1.54, 1.807) is 0 Å². The number of hydrogen-bond acceptors (Lipinski definition) is 2. The number of rotatable bonds is 2. The van der Waals surface area contributed by atoms with Gasteiger partial charge in [0.25, 0.3) is 0 Å². The van der Waals surface area contributed by atoms with Gasteiger partial charge in [-0.05, 0) is 23.1 Å². The molecule has 0 bridgehead atoms. The predicted molar refractivity (Wildman–Crippen MR) is 67.6 cm³/mol. The Morgan fingerprint density at radius 3 is 3.24 bits per heavy atom. The van der Waals surface area contributed by atoms with Crippen LogP contribution in [0.2, 0.25) is 0 Å². The predicted octanol–water partition coefficient (Wildman–Crippen LogP) is 1.90. The molecule has 1 aliphatic heterocycles. The molecule has 3 rings (SSSR count). The lowest BCUT2D eigenvalue weighted by molar-refractivity contribution is -0.108. The monoisotopic (exact) mass is 226 g/mol. The van der Waals surface area contributed by atoms with E-state index in [1.165, 1.54) is 16.7 Å². The molecule has 17 heavy (non-hydrogen) atoms. The summed E-state index contributed by atoms with van der Waals surface area (Å²) >= 11 is 0. The second-order valence-electron chi connectivity index (χ2n) is 4.37. The van der Waals surface area contributed by atoms with Gasteiger partial charge in [-0.25, -0.2) is 0 Å². The fraction of sp³-hybridized carbons (Fsp3) is 0.286. The van der Waals surface area contributed by atoms with Gasteiger partial charge >= 0.3 is 0 Å². The number of nitrogens with zero attached hydrogens (tertiary/aromatic N) is 1. The van der Waals surface area contributed by atoms with E-state index in [0.717, 1.165) is 31.5 Å². The lowest BCUT2D eigenvalue weighted by atomic mass is 9.88. The van der Waals surface area contributed by atoms with Gasteiger partial charge in [-0.3, -0.25) is 9.79 Å². The number of aliphatic imine (C=N–C) groups is 1. The van der Waals surface area contributed by atoms with Crippen LogP contribution in [0.1, 0.15) is 12.8 Å². The van der Waals surface area contributed by atoms with Crippen LogP contribution in [0.15, 0.2) is 51.7 Å². The Morgan fingerprint density at radius 2 is 2.35 bits per heavy atom. The van der Waals surface area contributed by atoms with Gasteiger partial charge in [-0.1, -0.05) is 24.3 Å².